The maximum atomic E-state index is 13.4. The maximum absolute atomic E-state index is 13.4. The van der Waals surface area contributed by atoms with Crippen LogP contribution < -0.4 is 0 Å². The highest BCUT2D eigenvalue weighted by molar-refractivity contribution is 7.99. The van der Waals surface area contributed by atoms with Crippen LogP contribution in [-0.2, 0) is 10.0 Å². The van der Waals surface area contributed by atoms with Crippen molar-refractivity contribution in [3.63, 3.8) is 0 Å². The third kappa shape index (κ3) is 4.32. The van der Waals surface area contributed by atoms with E-state index in [4.69, 9.17) is 0 Å². The molecule has 2 aromatic carbocycles. The van der Waals surface area contributed by atoms with Gasteiger partial charge in [-0.25, -0.2) is 4.39 Å². The first-order valence-corrected chi connectivity index (χ1v) is 13.5. The van der Waals surface area contributed by atoms with E-state index in [0.717, 1.165) is 32.2 Å². The highest BCUT2D eigenvalue weighted by Crippen LogP contribution is 2.38. The zero-order valence-corrected chi connectivity index (χ0v) is 20.5. The van der Waals surface area contributed by atoms with E-state index in [1.165, 1.54) is 23.9 Å². The molecule has 0 aliphatic heterocycles. The van der Waals surface area contributed by atoms with Gasteiger partial charge in [-0.3, -0.25) is 0 Å². The SMILES string of the molecule is Cc1c(Sc2ccc(F)cc2)c2ccccn2c1C(=NS(=O)(=O)c1cccs1)c1ccccc1. The summed E-state index contributed by atoms with van der Waals surface area (Å²) in [4.78, 5) is 1.84. The molecule has 3 aromatic heterocycles. The number of benzene rings is 2. The number of sulfonamides is 1. The van der Waals surface area contributed by atoms with Crippen LogP contribution >= 0.6 is 23.1 Å². The van der Waals surface area contributed by atoms with Crippen molar-refractivity contribution in [1.82, 2.24) is 4.40 Å². The predicted octanol–water partition coefficient (Wildman–Crippen LogP) is 6.83. The number of nitrogens with zero attached hydrogens (tertiary/aromatic N) is 2. The molecule has 0 saturated carbocycles. The van der Waals surface area contributed by atoms with Crippen LogP contribution in [0.25, 0.3) is 5.52 Å². The van der Waals surface area contributed by atoms with Gasteiger partial charge in [0.05, 0.1) is 11.2 Å². The van der Waals surface area contributed by atoms with Crippen LogP contribution in [0.1, 0.15) is 16.8 Å². The van der Waals surface area contributed by atoms with Crippen LogP contribution in [0.2, 0.25) is 0 Å². The normalized spacial score (nSPS) is 12.4. The summed E-state index contributed by atoms with van der Waals surface area (Å²) < 4.78 is 46.4. The Morgan fingerprint density at radius 2 is 1.68 bits per heavy atom. The molecule has 0 unspecified atom stereocenters. The van der Waals surface area contributed by atoms with Crippen molar-refractivity contribution in [1.29, 1.82) is 0 Å². The molecule has 0 saturated heterocycles. The first kappa shape index (κ1) is 22.6. The van der Waals surface area contributed by atoms with Gasteiger partial charge >= 0.3 is 0 Å². The summed E-state index contributed by atoms with van der Waals surface area (Å²) in [6.45, 7) is 1.96. The van der Waals surface area contributed by atoms with Gasteiger partial charge in [-0.1, -0.05) is 54.2 Å². The number of aromatic nitrogens is 1. The summed E-state index contributed by atoms with van der Waals surface area (Å²) in [5.41, 5.74) is 3.59. The van der Waals surface area contributed by atoms with E-state index in [1.807, 2.05) is 66.1 Å². The van der Waals surface area contributed by atoms with E-state index < -0.39 is 10.0 Å². The zero-order valence-electron chi connectivity index (χ0n) is 18.1. The van der Waals surface area contributed by atoms with E-state index in [9.17, 15) is 12.8 Å². The van der Waals surface area contributed by atoms with E-state index in [1.54, 1.807) is 29.6 Å². The second kappa shape index (κ2) is 9.21. The van der Waals surface area contributed by atoms with Gasteiger partial charge in [0.15, 0.2) is 0 Å². The largest absolute Gasteiger partial charge is 0.314 e. The molecule has 5 rings (SSSR count). The average molecular weight is 507 g/mol. The summed E-state index contributed by atoms with van der Waals surface area (Å²) in [7, 11) is -3.91. The number of pyridine rings is 1. The summed E-state index contributed by atoms with van der Waals surface area (Å²) in [5.74, 6) is -0.291. The Bertz CT molecular complexity index is 1590. The van der Waals surface area contributed by atoms with Crippen molar-refractivity contribution in [2.75, 3.05) is 0 Å². The fraction of sp³-hybridized carbons (Fsp3) is 0.0385. The summed E-state index contributed by atoms with van der Waals surface area (Å²) in [6.07, 6.45) is 1.91. The van der Waals surface area contributed by atoms with Crippen LogP contribution in [0.5, 0.6) is 0 Å². The molecule has 0 N–H and O–H groups in total. The minimum absolute atomic E-state index is 0.195. The molecule has 0 aliphatic carbocycles. The fourth-order valence-electron chi connectivity index (χ4n) is 3.75. The average Bonchev–Trinajstić information content (AvgIpc) is 3.48. The molecule has 0 aliphatic rings. The first-order chi connectivity index (χ1) is 16.4. The molecule has 0 fully saturated rings. The third-order valence-corrected chi connectivity index (χ3v) is 9.17. The van der Waals surface area contributed by atoms with Crippen LogP contribution in [0, 0.1) is 12.7 Å². The molecular weight excluding hydrogens is 487 g/mol. The minimum atomic E-state index is -3.91. The van der Waals surface area contributed by atoms with Crippen molar-refractivity contribution in [3.8, 4) is 0 Å². The lowest BCUT2D eigenvalue weighted by molar-refractivity contribution is 0.600. The predicted molar refractivity (Wildman–Crippen MR) is 136 cm³/mol. The minimum Gasteiger partial charge on any atom is -0.314 e. The Kier molecular flexibility index (Phi) is 6.12. The number of fused-ring (bicyclic) bond motifs is 1. The summed E-state index contributed by atoms with van der Waals surface area (Å²) >= 11 is 2.65. The third-order valence-electron chi connectivity index (χ3n) is 5.30. The van der Waals surface area contributed by atoms with Gasteiger partial charge in [0.25, 0.3) is 10.0 Å². The Morgan fingerprint density at radius 3 is 2.38 bits per heavy atom. The lowest BCUT2D eigenvalue weighted by atomic mass is 10.1. The van der Waals surface area contributed by atoms with Gasteiger partial charge in [0, 0.05) is 21.6 Å². The maximum Gasteiger partial charge on any atom is 0.292 e. The lowest BCUT2D eigenvalue weighted by Crippen LogP contribution is -2.11. The number of thiophene rings is 1. The van der Waals surface area contributed by atoms with E-state index in [-0.39, 0.29) is 10.0 Å². The second-order valence-electron chi connectivity index (χ2n) is 7.53. The molecule has 5 aromatic rings. The Morgan fingerprint density at radius 1 is 0.941 bits per heavy atom. The molecule has 0 spiro atoms. The number of hydrogen-bond acceptors (Lipinski definition) is 4. The van der Waals surface area contributed by atoms with E-state index >= 15 is 0 Å². The van der Waals surface area contributed by atoms with Crippen LogP contribution in [0.4, 0.5) is 4.39 Å². The van der Waals surface area contributed by atoms with Gasteiger partial charge in [0.2, 0.25) is 0 Å². The highest BCUT2D eigenvalue weighted by atomic mass is 32.2. The molecule has 3 heterocycles. The van der Waals surface area contributed by atoms with Crippen molar-refractivity contribution in [2.45, 2.75) is 20.9 Å². The zero-order chi connectivity index (χ0) is 23.7. The van der Waals surface area contributed by atoms with Crippen molar-refractivity contribution >= 4 is 44.4 Å². The van der Waals surface area contributed by atoms with Gasteiger partial charge in [-0.2, -0.15) is 12.8 Å². The van der Waals surface area contributed by atoms with Gasteiger partial charge < -0.3 is 4.40 Å². The van der Waals surface area contributed by atoms with Gasteiger partial charge in [0.1, 0.15) is 15.7 Å². The van der Waals surface area contributed by atoms with Gasteiger partial charge in [-0.15, -0.1) is 11.3 Å². The van der Waals surface area contributed by atoms with Crippen molar-refractivity contribution in [3.05, 3.63) is 119 Å². The number of rotatable bonds is 6. The Labute approximate surface area is 205 Å². The Hall–Kier alpha value is -3.20. The van der Waals surface area contributed by atoms with Crippen LogP contribution in [0.15, 0.2) is 115 Å². The first-order valence-electron chi connectivity index (χ1n) is 10.4. The molecular formula is C26H19FN2O2S3. The lowest BCUT2D eigenvalue weighted by Gasteiger charge is -2.10. The Balaban J connectivity index is 1.75. The molecule has 4 nitrogen and oxygen atoms in total. The quantitative estimate of drug-likeness (QED) is 0.237. The number of hydrogen-bond donors (Lipinski definition) is 0. The second-order valence-corrected chi connectivity index (χ2v) is 11.4. The monoisotopic (exact) mass is 506 g/mol. The fourth-order valence-corrected chi connectivity index (χ4v) is 6.76. The summed E-state index contributed by atoms with van der Waals surface area (Å²) in [6, 6.07) is 24.7. The molecule has 8 heteroatoms. The molecule has 170 valence electrons. The van der Waals surface area contributed by atoms with Crippen molar-refractivity contribution < 1.29 is 12.8 Å². The smallest absolute Gasteiger partial charge is 0.292 e. The van der Waals surface area contributed by atoms with Crippen LogP contribution in [0.3, 0.4) is 0 Å². The van der Waals surface area contributed by atoms with E-state index in [2.05, 4.69) is 4.40 Å². The highest BCUT2D eigenvalue weighted by Gasteiger charge is 2.24. The molecule has 0 amide bonds. The topological polar surface area (TPSA) is 50.9 Å². The van der Waals surface area contributed by atoms with Crippen LogP contribution in [-0.4, -0.2) is 18.5 Å². The van der Waals surface area contributed by atoms with E-state index in [0.29, 0.717) is 17.0 Å². The standard InChI is InChI=1S/C26H19FN2O2S3/c1-18-25(24(19-8-3-2-4-9-19)28-34(30,31)23-11-7-17-32-23)29-16-6-5-10-22(29)26(18)33-21-14-12-20(27)13-15-21/h2-17H,1H3. The molecule has 0 atom stereocenters. The molecule has 34 heavy (non-hydrogen) atoms. The molecule has 0 radical (unpaired) electrons. The summed E-state index contributed by atoms with van der Waals surface area (Å²) in [5, 5.41) is 1.72. The molecule has 0 bridgehead atoms. The number of halogens is 1. The van der Waals surface area contributed by atoms with Crippen molar-refractivity contribution in [2.24, 2.45) is 4.40 Å². The van der Waals surface area contributed by atoms with Gasteiger partial charge in [-0.05, 0) is 60.3 Å².